The molecule has 2 saturated heterocycles. The van der Waals surface area contributed by atoms with Crippen LogP contribution in [0.2, 0.25) is 0 Å². The molecule has 0 bridgehead atoms. The molecule has 6 nitrogen and oxygen atoms in total. The Morgan fingerprint density at radius 1 is 1.45 bits per heavy atom. The van der Waals surface area contributed by atoms with E-state index in [1.165, 1.54) is 0 Å². The Labute approximate surface area is 130 Å². The topological polar surface area (TPSA) is 64.6 Å². The lowest BCUT2D eigenvalue weighted by Gasteiger charge is -2.53. The number of likely N-dealkylation sites (tertiary alicyclic amines) is 1. The van der Waals surface area contributed by atoms with Gasteiger partial charge in [0.05, 0.1) is 31.6 Å². The molecule has 2 aliphatic rings. The molecule has 0 aromatic carbocycles. The standard InChI is InChI=1S/C16H23N3O3/c1-11(2)15(20)19-9-16(10-19)6-13(4-5-21-16)22-14-8-17-7-12(3)18-14/h7-8,11,13H,4-6,9-10H2,1-3H3/t13-/m0/s1. The third-order valence-electron chi connectivity index (χ3n) is 4.23. The molecule has 1 atom stereocenters. The Morgan fingerprint density at radius 2 is 2.23 bits per heavy atom. The molecular weight excluding hydrogens is 282 g/mol. The first-order chi connectivity index (χ1) is 10.5. The first kappa shape index (κ1) is 15.2. The Balaban J connectivity index is 1.58. The highest BCUT2D eigenvalue weighted by molar-refractivity contribution is 5.79. The van der Waals surface area contributed by atoms with E-state index in [2.05, 4.69) is 9.97 Å². The predicted octanol–water partition coefficient (Wildman–Crippen LogP) is 1.58. The lowest BCUT2D eigenvalue weighted by atomic mass is 9.84. The summed E-state index contributed by atoms with van der Waals surface area (Å²) in [6.07, 6.45) is 5.06. The van der Waals surface area contributed by atoms with E-state index in [9.17, 15) is 4.79 Å². The number of carbonyl (C=O) groups excluding carboxylic acids is 1. The summed E-state index contributed by atoms with van der Waals surface area (Å²) in [5, 5.41) is 0. The largest absolute Gasteiger partial charge is 0.473 e. The van der Waals surface area contributed by atoms with Crippen molar-refractivity contribution < 1.29 is 14.3 Å². The second-order valence-corrected chi connectivity index (χ2v) is 6.61. The highest BCUT2D eigenvalue weighted by Crippen LogP contribution is 2.36. The summed E-state index contributed by atoms with van der Waals surface area (Å²) >= 11 is 0. The van der Waals surface area contributed by atoms with Crippen LogP contribution in [0, 0.1) is 12.8 Å². The molecule has 1 spiro atoms. The molecule has 0 unspecified atom stereocenters. The SMILES string of the molecule is Cc1cncc(O[C@H]2CCOC3(C2)CN(C(=O)C(C)C)C3)n1. The molecule has 120 valence electrons. The highest BCUT2D eigenvalue weighted by atomic mass is 16.5. The Bertz CT molecular complexity index is 555. The van der Waals surface area contributed by atoms with E-state index >= 15 is 0 Å². The molecule has 0 saturated carbocycles. The van der Waals surface area contributed by atoms with Gasteiger partial charge < -0.3 is 14.4 Å². The van der Waals surface area contributed by atoms with Crippen LogP contribution in [0.5, 0.6) is 5.88 Å². The van der Waals surface area contributed by atoms with Gasteiger partial charge in [0.25, 0.3) is 0 Å². The number of aromatic nitrogens is 2. The van der Waals surface area contributed by atoms with Crippen molar-refractivity contribution in [3.63, 3.8) is 0 Å². The average Bonchev–Trinajstić information content (AvgIpc) is 2.44. The summed E-state index contributed by atoms with van der Waals surface area (Å²) in [5.41, 5.74) is 0.613. The van der Waals surface area contributed by atoms with Crippen LogP contribution in [0.3, 0.4) is 0 Å². The zero-order valence-electron chi connectivity index (χ0n) is 13.4. The van der Waals surface area contributed by atoms with Crippen LogP contribution in [0.25, 0.3) is 0 Å². The van der Waals surface area contributed by atoms with E-state index in [1.54, 1.807) is 12.4 Å². The number of carbonyl (C=O) groups is 1. The molecule has 0 aliphatic carbocycles. The molecule has 1 amide bonds. The van der Waals surface area contributed by atoms with E-state index in [1.807, 2.05) is 25.7 Å². The maximum atomic E-state index is 12.0. The number of ether oxygens (including phenoxy) is 2. The maximum Gasteiger partial charge on any atom is 0.232 e. The first-order valence-electron chi connectivity index (χ1n) is 7.85. The van der Waals surface area contributed by atoms with Crippen LogP contribution in [0.1, 0.15) is 32.4 Å². The van der Waals surface area contributed by atoms with Gasteiger partial charge in [-0.05, 0) is 6.92 Å². The van der Waals surface area contributed by atoms with E-state index in [0.717, 1.165) is 18.5 Å². The van der Waals surface area contributed by atoms with E-state index < -0.39 is 0 Å². The Hall–Kier alpha value is -1.69. The molecule has 2 fully saturated rings. The summed E-state index contributed by atoms with van der Waals surface area (Å²) in [6.45, 7) is 7.75. The zero-order chi connectivity index (χ0) is 15.7. The molecule has 22 heavy (non-hydrogen) atoms. The summed E-state index contributed by atoms with van der Waals surface area (Å²) in [5.74, 6) is 0.800. The van der Waals surface area contributed by atoms with Crippen molar-refractivity contribution in [1.29, 1.82) is 0 Å². The highest BCUT2D eigenvalue weighted by Gasteiger charge is 2.50. The third kappa shape index (κ3) is 3.06. The van der Waals surface area contributed by atoms with Crippen molar-refractivity contribution in [3.8, 4) is 5.88 Å². The molecule has 0 radical (unpaired) electrons. The Morgan fingerprint density at radius 3 is 2.91 bits per heavy atom. The quantitative estimate of drug-likeness (QED) is 0.848. The van der Waals surface area contributed by atoms with Gasteiger partial charge in [0.15, 0.2) is 0 Å². The third-order valence-corrected chi connectivity index (χ3v) is 4.23. The number of hydrogen-bond donors (Lipinski definition) is 0. The van der Waals surface area contributed by atoms with E-state index in [0.29, 0.717) is 25.6 Å². The first-order valence-corrected chi connectivity index (χ1v) is 7.85. The number of hydrogen-bond acceptors (Lipinski definition) is 5. The summed E-state index contributed by atoms with van der Waals surface area (Å²) in [7, 11) is 0. The van der Waals surface area contributed by atoms with Gasteiger partial charge in [0.1, 0.15) is 11.7 Å². The fraction of sp³-hybridized carbons (Fsp3) is 0.688. The fourth-order valence-corrected chi connectivity index (χ4v) is 3.14. The van der Waals surface area contributed by atoms with Crippen LogP contribution in [-0.4, -0.2) is 52.2 Å². The van der Waals surface area contributed by atoms with Crippen molar-refractivity contribution in [2.75, 3.05) is 19.7 Å². The molecule has 1 aromatic heterocycles. The number of rotatable bonds is 3. The molecule has 6 heteroatoms. The molecule has 2 aliphatic heterocycles. The van der Waals surface area contributed by atoms with Crippen molar-refractivity contribution in [1.82, 2.24) is 14.9 Å². The summed E-state index contributed by atoms with van der Waals surface area (Å²) in [6, 6.07) is 0. The Kier molecular flexibility index (Phi) is 4.04. The zero-order valence-corrected chi connectivity index (χ0v) is 13.4. The second-order valence-electron chi connectivity index (χ2n) is 6.61. The van der Waals surface area contributed by atoms with Gasteiger partial charge in [-0.2, -0.15) is 0 Å². The van der Waals surface area contributed by atoms with Gasteiger partial charge in [0.2, 0.25) is 11.8 Å². The number of aryl methyl sites for hydroxylation is 1. The van der Waals surface area contributed by atoms with Crippen LogP contribution in [0.4, 0.5) is 0 Å². The molecule has 1 aromatic rings. The van der Waals surface area contributed by atoms with Crippen LogP contribution >= 0.6 is 0 Å². The predicted molar refractivity (Wildman–Crippen MR) is 80.5 cm³/mol. The molecule has 3 rings (SSSR count). The van der Waals surface area contributed by atoms with Crippen LogP contribution < -0.4 is 4.74 Å². The average molecular weight is 305 g/mol. The van der Waals surface area contributed by atoms with Gasteiger partial charge in [-0.3, -0.25) is 9.78 Å². The van der Waals surface area contributed by atoms with Crippen molar-refractivity contribution >= 4 is 5.91 Å². The van der Waals surface area contributed by atoms with E-state index in [-0.39, 0.29) is 23.5 Å². The minimum absolute atomic E-state index is 0.0376. The van der Waals surface area contributed by atoms with Gasteiger partial charge in [-0.15, -0.1) is 0 Å². The smallest absolute Gasteiger partial charge is 0.232 e. The lowest BCUT2D eigenvalue weighted by Crippen LogP contribution is -2.68. The maximum absolute atomic E-state index is 12.0. The van der Waals surface area contributed by atoms with Crippen molar-refractivity contribution in [2.24, 2.45) is 5.92 Å². The van der Waals surface area contributed by atoms with E-state index in [4.69, 9.17) is 9.47 Å². The molecule has 0 N–H and O–H groups in total. The van der Waals surface area contributed by atoms with Crippen molar-refractivity contribution in [2.45, 2.75) is 45.3 Å². The van der Waals surface area contributed by atoms with Gasteiger partial charge >= 0.3 is 0 Å². The van der Waals surface area contributed by atoms with Crippen LogP contribution in [-0.2, 0) is 9.53 Å². The normalized spacial score (nSPS) is 23.5. The molecular formula is C16H23N3O3. The lowest BCUT2D eigenvalue weighted by molar-refractivity contribution is -0.195. The second kappa shape index (κ2) is 5.83. The van der Waals surface area contributed by atoms with Gasteiger partial charge in [-0.25, -0.2) is 4.98 Å². The monoisotopic (exact) mass is 305 g/mol. The fourth-order valence-electron chi connectivity index (χ4n) is 3.14. The summed E-state index contributed by atoms with van der Waals surface area (Å²) in [4.78, 5) is 22.3. The molecule has 3 heterocycles. The number of amides is 1. The minimum atomic E-state index is -0.231. The van der Waals surface area contributed by atoms with Crippen molar-refractivity contribution in [3.05, 3.63) is 18.1 Å². The van der Waals surface area contributed by atoms with Gasteiger partial charge in [-0.1, -0.05) is 13.8 Å². The van der Waals surface area contributed by atoms with Gasteiger partial charge in [0, 0.05) is 25.0 Å². The van der Waals surface area contributed by atoms with Crippen LogP contribution in [0.15, 0.2) is 12.4 Å². The summed E-state index contributed by atoms with van der Waals surface area (Å²) < 4.78 is 11.9. The minimum Gasteiger partial charge on any atom is -0.473 e. The number of nitrogens with zero attached hydrogens (tertiary/aromatic N) is 3.